The molecule has 2 heteroatoms. The molecule has 1 unspecified atom stereocenters. The second kappa shape index (κ2) is 6.41. The SMILES string of the molecule is CC(C)NCC(c1ccc(Br)cc1)C(C)C. The molecule has 0 spiro atoms. The van der Waals surface area contributed by atoms with Crippen LogP contribution in [-0.2, 0) is 0 Å². The van der Waals surface area contributed by atoms with Gasteiger partial charge in [0, 0.05) is 17.1 Å². The third-order valence-corrected chi connectivity index (χ3v) is 3.38. The van der Waals surface area contributed by atoms with Gasteiger partial charge in [0.2, 0.25) is 0 Å². The molecule has 0 heterocycles. The topological polar surface area (TPSA) is 12.0 Å². The van der Waals surface area contributed by atoms with E-state index in [0.29, 0.717) is 17.9 Å². The normalized spacial score (nSPS) is 13.4. The molecular formula is C14H22BrN. The van der Waals surface area contributed by atoms with Crippen LogP contribution in [0.25, 0.3) is 0 Å². The molecule has 0 aliphatic carbocycles. The number of halogens is 1. The largest absolute Gasteiger partial charge is 0.314 e. The van der Waals surface area contributed by atoms with E-state index in [1.54, 1.807) is 0 Å². The molecule has 90 valence electrons. The molecule has 0 aliphatic heterocycles. The molecule has 1 rings (SSSR count). The third kappa shape index (κ3) is 4.26. The molecule has 0 saturated carbocycles. The average molecular weight is 284 g/mol. The van der Waals surface area contributed by atoms with E-state index in [1.165, 1.54) is 5.56 Å². The zero-order valence-corrected chi connectivity index (χ0v) is 12.2. The maximum absolute atomic E-state index is 3.53. The van der Waals surface area contributed by atoms with Crippen molar-refractivity contribution in [1.82, 2.24) is 5.32 Å². The van der Waals surface area contributed by atoms with Gasteiger partial charge in [0.15, 0.2) is 0 Å². The smallest absolute Gasteiger partial charge is 0.0175 e. The highest BCUT2D eigenvalue weighted by Gasteiger charge is 2.15. The minimum atomic E-state index is 0.552. The van der Waals surface area contributed by atoms with Crippen molar-refractivity contribution in [2.75, 3.05) is 6.54 Å². The van der Waals surface area contributed by atoms with Crippen LogP contribution in [0.1, 0.15) is 39.2 Å². The van der Waals surface area contributed by atoms with Crippen molar-refractivity contribution in [1.29, 1.82) is 0 Å². The van der Waals surface area contributed by atoms with E-state index in [1.807, 2.05) is 0 Å². The Kier molecular flexibility index (Phi) is 5.50. The van der Waals surface area contributed by atoms with E-state index in [4.69, 9.17) is 0 Å². The Morgan fingerprint density at radius 3 is 2.06 bits per heavy atom. The maximum Gasteiger partial charge on any atom is 0.0175 e. The molecule has 0 aromatic heterocycles. The Morgan fingerprint density at radius 1 is 1.06 bits per heavy atom. The van der Waals surface area contributed by atoms with Gasteiger partial charge in [-0.3, -0.25) is 0 Å². The van der Waals surface area contributed by atoms with Gasteiger partial charge in [-0.15, -0.1) is 0 Å². The van der Waals surface area contributed by atoms with Gasteiger partial charge in [-0.05, 0) is 29.5 Å². The van der Waals surface area contributed by atoms with Crippen molar-refractivity contribution in [2.24, 2.45) is 5.92 Å². The first kappa shape index (κ1) is 13.7. The summed E-state index contributed by atoms with van der Waals surface area (Å²) in [6.07, 6.45) is 0. The maximum atomic E-state index is 3.53. The van der Waals surface area contributed by atoms with Crippen molar-refractivity contribution in [3.05, 3.63) is 34.3 Å². The van der Waals surface area contributed by atoms with Gasteiger partial charge >= 0.3 is 0 Å². The first-order chi connectivity index (χ1) is 7.50. The highest BCUT2D eigenvalue weighted by atomic mass is 79.9. The summed E-state index contributed by atoms with van der Waals surface area (Å²) in [5.41, 5.74) is 1.42. The summed E-state index contributed by atoms with van der Waals surface area (Å²) in [6.45, 7) is 10.0. The van der Waals surface area contributed by atoms with E-state index in [0.717, 1.165) is 11.0 Å². The average Bonchev–Trinajstić information content (AvgIpc) is 2.20. The Balaban J connectivity index is 2.73. The van der Waals surface area contributed by atoms with Crippen LogP contribution in [-0.4, -0.2) is 12.6 Å². The molecule has 0 saturated heterocycles. The number of rotatable bonds is 5. The molecule has 1 nitrogen and oxygen atoms in total. The number of hydrogen-bond acceptors (Lipinski definition) is 1. The van der Waals surface area contributed by atoms with Gasteiger partial charge in [0.05, 0.1) is 0 Å². The Bertz CT molecular complexity index is 303. The highest BCUT2D eigenvalue weighted by molar-refractivity contribution is 9.10. The van der Waals surface area contributed by atoms with E-state index in [-0.39, 0.29) is 0 Å². The van der Waals surface area contributed by atoms with Gasteiger partial charge in [-0.1, -0.05) is 55.8 Å². The van der Waals surface area contributed by atoms with E-state index in [2.05, 4.69) is 73.2 Å². The summed E-state index contributed by atoms with van der Waals surface area (Å²) >= 11 is 3.48. The molecule has 0 amide bonds. The quantitative estimate of drug-likeness (QED) is 0.855. The van der Waals surface area contributed by atoms with Crippen molar-refractivity contribution in [3.8, 4) is 0 Å². The first-order valence-electron chi connectivity index (χ1n) is 5.99. The van der Waals surface area contributed by atoms with Crippen LogP contribution in [0.3, 0.4) is 0 Å². The van der Waals surface area contributed by atoms with Gasteiger partial charge in [0.1, 0.15) is 0 Å². The van der Waals surface area contributed by atoms with Gasteiger partial charge < -0.3 is 5.32 Å². The molecule has 0 fully saturated rings. The molecule has 0 bridgehead atoms. The fourth-order valence-corrected chi connectivity index (χ4v) is 2.08. The molecule has 1 N–H and O–H groups in total. The third-order valence-electron chi connectivity index (χ3n) is 2.85. The summed E-state index contributed by atoms with van der Waals surface area (Å²) in [4.78, 5) is 0. The second-order valence-corrected chi connectivity index (χ2v) is 5.88. The summed E-state index contributed by atoms with van der Waals surface area (Å²) in [5, 5.41) is 3.53. The van der Waals surface area contributed by atoms with Gasteiger partial charge in [0.25, 0.3) is 0 Å². The van der Waals surface area contributed by atoms with E-state index >= 15 is 0 Å². The Hall–Kier alpha value is -0.340. The predicted octanol–water partition coefficient (Wildman–Crippen LogP) is 4.19. The van der Waals surface area contributed by atoms with Crippen LogP contribution < -0.4 is 5.32 Å². The molecular weight excluding hydrogens is 262 g/mol. The zero-order valence-electron chi connectivity index (χ0n) is 10.6. The summed E-state index contributed by atoms with van der Waals surface area (Å²) in [7, 11) is 0. The van der Waals surface area contributed by atoms with Crippen molar-refractivity contribution in [3.63, 3.8) is 0 Å². The molecule has 0 radical (unpaired) electrons. The minimum absolute atomic E-state index is 0.552. The summed E-state index contributed by atoms with van der Waals surface area (Å²) in [5.74, 6) is 1.25. The molecule has 1 aromatic rings. The Morgan fingerprint density at radius 2 is 1.62 bits per heavy atom. The van der Waals surface area contributed by atoms with Crippen LogP contribution in [0.15, 0.2) is 28.7 Å². The standard InChI is InChI=1S/C14H22BrN/c1-10(2)14(9-16-11(3)4)12-5-7-13(15)8-6-12/h5-8,10-11,14,16H,9H2,1-4H3. The van der Waals surface area contributed by atoms with Crippen molar-refractivity contribution >= 4 is 15.9 Å². The van der Waals surface area contributed by atoms with E-state index in [9.17, 15) is 0 Å². The number of benzene rings is 1. The van der Waals surface area contributed by atoms with Gasteiger partial charge in [-0.25, -0.2) is 0 Å². The molecule has 0 aliphatic rings. The lowest BCUT2D eigenvalue weighted by Crippen LogP contribution is -2.30. The van der Waals surface area contributed by atoms with Gasteiger partial charge in [-0.2, -0.15) is 0 Å². The van der Waals surface area contributed by atoms with Crippen molar-refractivity contribution in [2.45, 2.75) is 39.7 Å². The first-order valence-corrected chi connectivity index (χ1v) is 6.79. The number of hydrogen-bond donors (Lipinski definition) is 1. The lowest BCUT2D eigenvalue weighted by molar-refractivity contribution is 0.441. The van der Waals surface area contributed by atoms with Crippen LogP contribution in [0.2, 0.25) is 0 Å². The minimum Gasteiger partial charge on any atom is -0.314 e. The molecule has 1 aromatic carbocycles. The fourth-order valence-electron chi connectivity index (χ4n) is 1.81. The second-order valence-electron chi connectivity index (χ2n) is 4.97. The molecule has 16 heavy (non-hydrogen) atoms. The zero-order chi connectivity index (χ0) is 12.1. The lowest BCUT2D eigenvalue weighted by atomic mass is 9.88. The van der Waals surface area contributed by atoms with Crippen LogP contribution in [0.4, 0.5) is 0 Å². The highest BCUT2D eigenvalue weighted by Crippen LogP contribution is 2.25. The predicted molar refractivity (Wildman–Crippen MR) is 74.9 cm³/mol. The van der Waals surface area contributed by atoms with Crippen molar-refractivity contribution < 1.29 is 0 Å². The summed E-state index contributed by atoms with van der Waals surface area (Å²) in [6, 6.07) is 9.24. The molecule has 1 atom stereocenters. The van der Waals surface area contributed by atoms with E-state index < -0.39 is 0 Å². The van der Waals surface area contributed by atoms with Crippen LogP contribution in [0.5, 0.6) is 0 Å². The monoisotopic (exact) mass is 283 g/mol. The number of nitrogens with one attached hydrogen (secondary N) is 1. The Labute approximate surface area is 108 Å². The van der Waals surface area contributed by atoms with Crippen LogP contribution in [0, 0.1) is 5.92 Å². The summed E-state index contributed by atoms with van der Waals surface area (Å²) < 4.78 is 1.15. The fraction of sp³-hybridized carbons (Fsp3) is 0.571. The van der Waals surface area contributed by atoms with Crippen LogP contribution >= 0.6 is 15.9 Å². The lowest BCUT2D eigenvalue weighted by Gasteiger charge is -2.23.